The SMILES string of the molecule is C=C(c1ccccc1)c1noc(C(=C)c2ccccc2)c1C. The molecule has 0 saturated heterocycles. The summed E-state index contributed by atoms with van der Waals surface area (Å²) in [4.78, 5) is 0. The Morgan fingerprint density at radius 1 is 0.818 bits per heavy atom. The second-order valence-electron chi connectivity index (χ2n) is 5.17. The fourth-order valence-corrected chi connectivity index (χ4v) is 2.45. The van der Waals surface area contributed by atoms with Crippen molar-refractivity contribution in [2.24, 2.45) is 0 Å². The number of hydrogen-bond donors (Lipinski definition) is 0. The molecule has 0 aliphatic carbocycles. The van der Waals surface area contributed by atoms with E-state index in [2.05, 4.69) is 18.3 Å². The van der Waals surface area contributed by atoms with Crippen LogP contribution >= 0.6 is 0 Å². The molecule has 3 rings (SSSR count). The highest BCUT2D eigenvalue weighted by Crippen LogP contribution is 2.30. The fraction of sp³-hybridized carbons (Fsp3) is 0.0500. The van der Waals surface area contributed by atoms with Gasteiger partial charge in [0.15, 0.2) is 5.76 Å². The topological polar surface area (TPSA) is 26.0 Å². The predicted octanol–water partition coefficient (Wildman–Crippen LogP) is 5.11. The molecule has 3 aromatic rings. The van der Waals surface area contributed by atoms with Crippen LogP contribution in [0.5, 0.6) is 0 Å². The number of aromatic nitrogens is 1. The van der Waals surface area contributed by atoms with Crippen molar-refractivity contribution >= 4 is 11.1 Å². The maximum atomic E-state index is 5.54. The van der Waals surface area contributed by atoms with Gasteiger partial charge in [0.25, 0.3) is 0 Å². The van der Waals surface area contributed by atoms with Crippen molar-refractivity contribution in [3.8, 4) is 0 Å². The zero-order chi connectivity index (χ0) is 15.5. The molecule has 0 radical (unpaired) electrons. The Morgan fingerprint density at radius 3 is 1.86 bits per heavy atom. The van der Waals surface area contributed by atoms with Crippen LogP contribution in [0.25, 0.3) is 11.1 Å². The van der Waals surface area contributed by atoms with Crippen molar-refractivity contribution < 1.29 is 4.52 Å². The minimum atomic E-state index is 0.707. The van der Waals surface area contributed by atoms with Gasteiger partial charge in [0.2, 0.25) is 0 Å². The van der Waals surface area contributed by atoms with E-state index < -0.39 is 0 Å². The summed E-state index contributed by atoms with van der Waals surface area (Å²) >= 11 is 0. The maximum Gasteiger partial charge on any atom is 0.170 e. The second-order valence-corrected chi connectivity index (χ2v) is 5.17. The van der Waals surface area contributed by atoms with Crippen LogP contribution in [-0.2, 0) is 0 Å². The zero-order valence-electron chi connectivity index (χ0n) is 12.5. The highest BCUT2D eigenvalue weighted by molar-refractivity contribution is 5.82. The van der Waals surface area contributed by atoms with Gasteiger partial charge >= 0.3 is 0 Å². The summed E-state index contributed by atoms with van der Waals surface area (Å²) < 4.78 is 5.54. The van der Waals surface area contributed by atoms with Crippen LogP contribution in [0.15, 0.2) is 78.3 Å². The van der Waals surface area contributed by atoms with Crippen LogP contribution in [0, 0.1) is 6.92 Å². The fourth-order valence-electron chi connectivity index (χ4n) is 2.45. The summed E-state index contributed by atoms with van der Waals surface area (Å²) in [6.45, 7) is 10.3. The van der Waals surface area contributed by atoms with Crippen molar-refractivity contribution in [1.29, 1.82) is 0 Å². The third kappa shape index (κ3) is 2.51. The standard InChI is InChI=1S/C20H17NO/c1-14(17-10-6-4-7-11-17)19-16(3)20(22-21-19)15(2)18-12-8-5-9-13-18/h4-13H,1-2H2,3H3. The average molecular weight is 287 g/mol. The van der Waals surface area contributed by atoms with Crippen molar-refractivity contribution in [3.63, 3.8) is 0 Å². The smallest absolute Gasteiger partial charge is 0.170 e. The molecule has 2 nitrogen and oxygen atoms in total. The van der Waals surface area contributed by atoms with Crippen LogP contribution < -0.4 is 0 Å². The monoisotopic (exact) mass is 287 g/mol. The second kappa shape index (κ2) is 5.86. The molecule has 22 heavy (non-hydrogen) atoms. The lowest BCUT2D eigenvalue weighted by Crippen LogP contribution is -1.91. The van der Waals surface area contributed by atoms with E-state index in [1.807, 2.05) is 67.6 Å². The van der Waals surface area contributed by atoms with Crippen LogP contribution in [0.2, 0.25) is 0 Å². The Labute approximate surface area is 130 Å². The molecular formula is C20H17NO. The average Bonchev–Trinajstić information content (AvgIpc) is 2.96. The van der Waals surface area contributed by atoms with Gasteiger partial charge < -0.3 is 4.52 Å². The largest absolute Gasteiger partial charge is 0.355 e. The highest BCUT2D eigenvalue weighted by atomic mass is 16.5. The first-order valence-corrected chi connectivity index (χ1v) is 7.14. The van der Waals surface area contributed by atoms with Gasteiger partial charge in [-0.15, -0.1) is 0 Å². The van der Waals surface area contributed by atoms with Gasteiger partial charge in [0.1, 0.15) is 5.69 Å². The summed E-state index contributed by atoms with van der Waals surface area (Å²) in [5.41, 5.74) is 5.49. The molecule has 0 amide bonds. The third-order valence-electron chi connectivity index (χ3n) is 3.73. The van der Waals surface area contributed by atoms with E-state index in [1.165, 1.54) is 0 Å². The van der Waals surface area contributed by atoms with Crippen LogP contribution in [0.3, 0.4) is 0 Å². The van der Waals surface area contributed by atoms with Gasteiger partial charge in [0.05, 0.1) is 0 Å². The Kier molecular flexibility index (Phi) is 3.75. The first-order chi connectivity index (χ1) is 10.7. The molecule has 1 aromatic heterocycles. The minimum Gasteiger partial charge on any atom is -0.355 e. The molecule has 0 aliphatic rings. The summed E-state index contributed by atoms with van der Waals surface area (Å²) in [5, 5.41) is 4.20. The summed E-state index contributed by atoms with van der Waals surface area (Å²) in [6, 6.07) is 19.9. The zero-order valence-corrected chi connectivity index (χ0v) is 12.5. The number of hydrogen-bond acceptors (Lipinski definition) is 2. The molecule has 0 N–H and O–H groups in total. The van der Waals surface area contributed by atoms with Crippen molar-refractivity contribution in [2.45, 2.75) is 6.92 Å². The lowest BCUT2D eigenvalue weighted by atomic mass is 9.97. The third-order valence-corrected chi connectivity index (χ3v) is 3.73. The number of nitrogens with zero attached hydrogens (tertiary/aromatic N) is 1. The molecule has 0 bridgehead atoms. The quantitative estimate of drug-likeness (QED) is 0.666. The molecule has 0 aliphatic heterocycles. The van der Waals surface area contributed by atoms with Crippen molar-refractivity contribution in [2.75, 3.05) is 0 Å². The normalized spacial score (nSPS) is 10.4. The van der Waals surface area contributed by atoms with Gasteiger partial charge in [-0.3, -0.25) is 0 Å². The molecule has 0 atom stereocenters. The minimum absolute atomic E-state index is 0.707. The van der Waals surface area contributed by atoms with E-state index in [0.29, 0.717) is 5.76 Å². The molecule has 1 heterocycles. The summed E-state index contributed by atoms with van der Waals surface area (Å²) in [6.07, 6.45) is 0. The molecule has 0 fully saturated rings. The van der Waals surface area contributed by atoms with E-state index >= 15 is 0 Å². The Bertz CT molecular complexity index is 744. The van der Waals surface area contributed by atoms with Crippen molar-refractivity contribution in [3.05, 3.63) is 102 Å². The molecule has 0 saturated carbocycles. The summed E-state index contributed by atoms with van der Waals surface area (Å²) in [7, 11) is 0. The Hall–Kier alpha value is -2.87. The molecule has 2 heteroatoms. The van der Waals surface area contributed by atoms with Gasteiger partial charge in [-0.05, 0) is 18.1 Å². The lowest BCUT2D eigenvalue weighted by molar-refractivity contribution is 0.408. The molecular weight excluding hydrogens is 270 g/mol. The van der Waals surface area contributed by atoms with Gasteiger partial charge in [-0.2, -0.15) is 0 Å². The van der Waals surface area contributed by atoms with Crippen LogP contribution in [0.4, 0.5) is 0 Å². The molecule has 108 valence electrons. The van der Waals surface area contributed by atoms with Crippen LogP contribution in [-0.4, -0.2) is 5.16 Å². The van der Waals surface area contributed by atoms with E-state index in [4.69, 9.17) is 4.52 Å². The maximum absolute atomic E-state index is 5.54. The van der Waals surface area contributed by atoms with Gasteiger partial charge in [-0.25, -0.2) is 0 Å². The van der Waals surface area contributed by atoms with E-state index in [0.717, 1.165) is 33.5 Å². The Morgan fingerprint density at radius 2 is 1.32 bits per heavy atom. The highest BCUT2D eigenvalue weighted by Gasteiger charge is 2.18. The molecule has 0 spiro atoms. The first-order valence-electron chi connectivity index (χ1n) is 7.14. The predicted molar refractivity (Wildman–Crippen MR) is 90.4 cm³/mol. The van der Waals surface area contributed by atoms with E-state index in [9.17, 15) is 0 Å². The number of benzene rings is 2. The summed E-state index contributed by atoms with van der Waals surface area (Å²) in [5.74, 6) is 0.707. The van der Waals surface area contributed by atoms with Crippen molar-refractivity contribution in [1.82, 2.24) is 5.16 Å². The lowest BCUT2D eigenvalue weighted by Gasteiger charge is -2.04. The van der Waals surface area contributed by atoms with Crippen LogP contribution in [0.1, 0.15) is 28.1 Å². The molecule has 0 unspecified atom stereocenters. The van der Waals surface area contributed by atoms with E-state index in [1.54, 1.807) is 0 Å². The number of rotatable bonds is 4. The Balaban J connectivity index is 1.96. The van der Waals surface area contributed by atoms with Gasteiger partial charge in [-0.1, -0.05) is 79.0 Å². The first kappa shape index (κ1) is 14.1. The molecule has 2 aromatic carbocycles. The van der Waals surface area contributed by atoms with Gasteiger partial charge in [0, 0.05) is 16.7 Å². The van der Waals surface area contributed by atoms with E-state index in [-0.39, 0.29) is 0 Å².